The van der Waals surface area contributed by atoms with Crippen molar-refractivity contribution in [3.05, 3.63) is 84.2 Å². The number of halogens is 2. The van der Waals surface area contributed by atoms with Gasteiger partial charge in [0.15, 0.2) is 18.3 Å². The van der Waals surface area contributed by atoms with Crippen LogP contribution in [0.1, 0.15) is 23.7 Å². The molecule has 0 amide bonds. The molecule has 0 unspecified atom stereocenters. The molecule has 0 bridgehead atoms. The number of ketones is 1. The quantitative estimate of drug-likeness (QED) is 0.190. The lowest BCUT2D eigenvalue weighted by molar-refractivity contribution is 0.0989. The zero-order valence-electron chi connectivity index (χ0n) is 23.8. The highest BCUT2D eigenvalue weighted by molar-refractivity contribution is 7.92. The molecule has 0 atom stereocenters. The fourth-order valence-corrected chi connectivity index (χ4v) is 6.05. The Morgan fingerprint density at radius 3 is 2.55 bits per heavy atom. The number of nitrogens with zero attached hydrogens (tertiary/aromatic N) is 4. The molecule has 0 fully saturated rings. The van der Waals surface area contributed by atoms with Crippen LogP contribution in [0.5, 0.6) is 5.75 Å². The minimum atomic E-state index is -3.75. The van der Waals surface area contributed by atoms with E-state index in [0.717, 1.165) is 16.8 Å². The standard InChI is InChI=1S/C32H24F2N4O5S/c1-4-27(39)30-21-11-20(24(37(2)44(3,40)41)13-29(21)43-32(30)17-5-7-18(33)8-6-17)23-9-10-28-31(36-23)25-12-19-22(34)14-35-15-26(19)38(25)16-42-28/h5-15H,4,16H2,1-3H3. The van der Waals surface area contributed by atoms with Crippen molar-refractivity contribution in [2.75, 3.05) is 17.6 Å². The largest absolute Gasteiger partial charge is 0.470 e. The van der Waals surface area contributed by atoms with Gasteiger partial charge < -0.3 is 13.7 Å². The van der Waals surface area contributed by atoms with Crippen LogP contribution in [0.3, 0.4) is 0 Å². The van der Waals surface area contributed by atoms with Crippen LogP contribution >= 0.6 is 0 Å². The minimum absolute atomic E-state index is 0.135. The molecule has 1 aliphatic heterocycles. The summed E-state index contributed by atoms with van der Waals surface area (Å²) in [6.45, 7) is 1.86. The second-order valence-electron chi connectivity index (χ2n) is 10.5. The maximum absolute atomic E-state index is 14.6. The first-order chi connectivity index (χ1) is 21.0. The average Bonchev–Trinajstić information content (AvgIpc) is 3.59. The molecule has 222 valence electrons. The van der Waals surface area contributed by atoms with Crippen molar-refractivity contribution in [3.8, 4) is 39.7 Å². The summed E-state index contributed by atoms with van der Waals surface area (Å²) >= 11 is 0. The van der Waals surface area contributed by atoms with Gasteiger partial charge in [-0.1, -0.05) is 6.92 Å². The molecule has 2 aromatic carbocycles. The Kier molecular flexibility index (Phi) is 6.29. The van der Waals surface area contributed by atoms with Crippen LogP contribution in [0.4, 0.5) is 14.5 Å². The van der Waals surface area contributed by atoms with Crippen LogP contribution in [0.2, 0.25) is 0 Å². The van der Waals surface area contributed by atoms with E-state index in [1.54, 1.807) is 48.0 Å². The van der Waals surface area contributed by atoms with E-state index in [-0.39, 0.29) is 36.0 Å². The highest BCUT2D eigenvalue weighted by Crippen LogP contribution is 2.44. The number of pyridine rings is 2. The maximum Gasteiger partial charge on any atom is 0.232 e. The van der Waals surface area contributed by atoms with Gasteiger partial charge in [0, 0.05) is 41.4 Å². The lowest BCUT2D eigenvalue weighted by atomic mass is 9.97. The lowest BCUT2D eigenvalue weighted by Gasteiger charge is -2.23. The highest BCUT2D eigenvalue weighted by Gasteiger charge is 2.28. The van der Waals surface area contributed by atoms with E-state index in [2.05, 4.69) is 4.98 Å². The average molecular weight is 615 g/mol. The maximum atomic E-state index is 14.6. The first-order valence-corrected chi connectivity index (χ1v) is 15.5. The van der Waals surface area contributed by atoms with Gasteiger partial charge in [-0.15, -0.1) is 0 Å². The Morgan fingerprint density at radius 2 is 1.82 bits per heavy atom. The number of ether oxygens (including phenoxy) is 1. The molecule has 7 rings (SSSR count). The third kappa shape index (κ3) is 4.32. The molecule has 0 saturated carbocycles. The number of hydrogen-bond donors (Lipinski definition) is 0. The molecule has 9 nitrogen and oxygen atoms in total. The zero-order chi connectivity index (χ0) is 30.9. The Labute approximate surface area is 250 Å². The van der Waals surface area contributed by atoms with Gasteiger partial charge in [0.05, 0.1) is 46.8 Å². The van der Waals surface area contributed by atoms with E-state index in [4.69, 9.17) is 14.1 Å². The first-order valence-electron chi connectivity index (χ1n) is 13.7. The minimum Gasteiger partial charge on any atom is -0.470 e. The molecule has 44 heavy (non-hydrogen) atoms. The van der Waals surface area contributed by atoms with E-state index in [9.17, 15) is 22.0 Å². The van der Waals surface area contributed by atoms with Crippen LogP contribution in [0.15, 0.2) is 71.4 Å². The van der Waals surface area contributed by atoms with Crippen molar-refractivity contribution in [3.63, 3.8) is 0 Å². The van der Waals surface area contributed by atoms with Gasteiger partial charge in [-0.3, -0.25) is 14.1 Å². The Hall–Kier alpha value is -5.10. The van der Waals surface area contributed by atoms with Gasteiger partial charge in [0.2, 0.25) is 10.0 Å². The summed E-state index contributed by atoms with van der Waals surface area (Å²) in [5, 5.41) is 0.821. The van der Waals surface area contributed by atoms with Gasteiger partial charge in [-0.05, 0) is 48.5 Å². The van der Waals surface area contributed by atoms with Crippen molar-refractivity contribution in [1.82, 2.24) is 14.5 Å². The summed E-state index contributed by atoms with van der Waals surface area (Å²) in [4.78, 5) is 22.2. The number of fused-ring (bicyclic) bond motifs is 6. The molecule has 0 saturated heterocycles. The number of sulfonamides is 1. The van der Waals surface area contributed by atoms with E-state index in [1.807, 2.05) is 0 Å². The number of carbonyl (C=O) groups is 1. The van der Waals surface area contributed by atoms with Gasteiger partial charge in [-0.2, -0.15) is 0 Å². The monoisotopic (exact) mass is 614 g/mol. The predicted octanol–water partition coefficient (Wildman–Crippen LogP) is 6.80. The second-order valence-corrected chi connectivity index (χ2v) is 12.5. The number of rotatable bonds is 6. The van der Waals surface area contributed by atoms with Crippen molar-refractivity contribution >= 4 is 43.4 Å². The van der Waals surface area contributed by atoms with Crippen LogP contribution in [0.25, 0.3) is 55.8 Å². The van der Waals surface area contributed by atoms with Crippen LogP contribution in [-0.4, -0.2) is 42.0 Å². The summed E-state index contributed by atoms with van der Waals surface area (Å²) in [5.41, 5.74) is 3.72. The second kappa shape index (κ2) is 9.98. The molecule has 0 spiro atoms. The van der Waals surface area contributed by atoms with Crippen LogP contribution < -0.4 is 9.04 Å². The number of aromatic nitrogens is 3. The highest BCUT2D eigenvalue weighted by atomic mass is 32.2. The number of carbonyl (C=O) groups excluding carboxylic acids is 1. The molecule has 0 N–H and O–H groups in total. The normalized spacial score (nSPS) is 12.7. The first kappa shape index (κ1) is 27.7. The molecule has 12 heteroatoms. The third-order valence-electron chi connectivity index (χ3n) is 7.86. The number of benzene rings is 2. The molecule has 0 aliphatic carbocycles. The zero-order valence-corrected chi connectivity index (χ0v) is 24.6. The van der Waals surface area contributed by atoms with Gasteiger partial charge in [0.1, 0.15) is 28.6 Å². The van der Waals surface area contributed by atoms with Crippen LogP contribution in [0, 0.1) is 11.6 Å². The molecule has 6 aromatic rings. The fourth-order valence-electron chi connectivity index (χ4n) is 5.54. The van der Waals surface area contributed by atoms with E-state index < -0.39 is 21.7 Å². The molecule has 0 radical (unpaired) electrons. The summed E-state index contributed by atoms with van der Waals surface area (Å²) in [5.74, 6) is -0.392. The number of Topliss-reactive ketones (excluding diaryl/α,β-unsaturated/α-hetero) is 1. The van der Waals surface area contributed by atoms with Gasteiger partial charge >= 0.3 is 0 Å². The molecule has 1 aliphatic rings. The Bertz CT molecular complexity index is 2260. The van der Waals surface area contributed by atoms with Crippen molar-refractivity contribution in [1.29, 1.82) is 0 Å². The third-order valence-corrected chi connectivity index (χ3v) is 9.05. The van der Waals surface area contributed by atoms with Crippen molar-refractivity contribution in [2.24, 2.45) is 0 Å². The summed E-state index contributed by atoms with van der Waals surface area (Å²) < 4.78 is 68.9. The molecule has 4 aromatic heterocycles. The molecular weight excluding hydrogens is 590 g/mol. The topological polar surface area (TPSA) is 108 Å². The fraction of sp³-hybridized carbons (Fsp3) is 0.156. The predicted molar refractivity (Wildman–Crippen MR) is 162 cm³/mol. The smallest absolute Gasteiger partial charge is 0.232 e. The number of anilines is 1. The molecular formula is C32H24F2N4O5S. The Morgan fingerprint density at radius 1 is 1.05 bits per heavy atom. The summed E-state index contributed by atoms with van der Waals surface area (Å²) in [6.07, 6.45) is 3.95. The van der Waals surface area contributed by atoms with E-state index in [0.29, 0.717) is 55.8 Å². The van der Waals surface area contributed by atoms with Crippen LogP contribution in [-0.2, 0) is 16.8 Å². The van der Waals surface area contributed by atoms with E-state index >= 15 is 0 Å². The Balaban J connectivity index is 1.50. The number of furan rings is 1. The molecule has 5 heterocycles. The van der Waals surface area contributed by atoms with Gasteiger partial charge in [-0.25, -0.2) is 22.2 Å². The van der Waals surface area contributed by atoms with Crippen molar-refractivity contribution in [2.45, 2.75) is 20.1 Å². The van der Waals surface area contributed by atoms with E-state index in [1.165, 1.54) is 31.3 Å². The van der Waals surface area contributed by atoms with Crippen molar-refractivity contribution < 1.29 is 31.1 Å². The lowest BCUT2D eigenvalue weighted by Crippen LogP contribution is -2.25. The number of hydrogen-bond acceptors (Lipinski definition) is 7. The summed E-state index contributed by atoms with van der Waals surface area (Å²) in [6, 6.07) is 13.9. The summed E-state index contributed by atoms with van der Waals surface area (Å²) in [7, 11) is -2.33. The van der Waals surface area contributed by atoms with Gasteiger partial charge in [0.25, 0.3) is 0 Å². The SMILES string of the molecule is CCC(=O)c1c(-c2ccc(F)cc2)oc2cc(N(C)S(C)(=O)=O)c(-c3ccc4c(n3)-c3cc5c(F)cncc5n3CO4)cc12.